The Balaban J connectivity index is 0. The van der Waals surface area contributed by atoms with Crippen molar-refractivity contribution >= 4 is 0 Å². The van der Waals surface area contributed by atoms with Gasteiger partial charge in [-0.1, -0.05) is 194 Å². The van der Waals surface area contributed by atoms with Crippen LogP contribution in [0, 0.1) is 0 Å². The van der Waals surface area contributed by atoms with Gasteiger partial charge in [0.1, 0.15) is 0 Å². The van der Waals surface area contributed by atoms with Crippen LogP contribution in [0.3, 0.4) is 0 Å². The predicted molar refractivity (Wildman–Crippen MR) is 190 cm³/mol. The maximum Gasteiger partial charge on any atom is 0.0786 e. The van der Waals surface area contributed by atoms with E-state index in [1.165, 1.54) is 236 Å². The zero-order valence-corrected chi connectivity index (χ0v) is 31.9. The van der Waals surface area contributed by atoms with E-state index in [9.17, 15) is 0 Å². The molecule has 0 fully saturated rings. The fourth-order valence-electron chi connectivity index (χ4n) is 6.96. The summed E-state index contributed by atoms with van der Waals surface area (Å²) >= 11 is 0. The molecule has 0 aliphatic carbocycles. The first kappa shape index (κ1) is 44.6. The number of quaternary nitrogens is 1. The summed E-state index contributed by atoms with van der Waals surface area (Å²) in [5.74, 6) is 0. The van der Waals surface area contributed by atoms with Crippen molar-refractivity contribution in [2.45, 2.75) is 233 Å². The summed E-state index contributed by atoms with van der Waals surface area (Å²) in [5.41, 5.74) is 0. The molecule has 0 atom stereocenters. The average Bonchev–Trinajstić information content (AvgIpc) is 2.99. The van der Waals surface area contributed by atoms with E-state index in [1.54, 1.807) is 0 Å². The van der Waals surface area contributed by atoms with Gasteiger partial charge >= 0.3 is 0 Å². The molecule has 0 saturated carbocycles. The van der Waals surface area contributed by atoms with Gasteiger partial charge in [-0.15, -0.1) is 0 Å². The first-order valence-corrected chi connectivity index (χ1v) is 20.1. The largest absolute Gasteiger partial charge is 1.00 e. The van der Waals surface area contributed by atoms with Gasteiger partial charge in [0.05, 0.1) is 26.2 Å². The van der Waals surface area contributed by atoms with Crippen molar-refractivity contribution < 1.29 is 21.5 Å². The first-order valence-electron chi connectivity index (χ1n) is 20.1. The van der Waals surface area contributed by atoms with Gasteiger partial charge in [0.15, 0.2) is 0 Å². The van der Waals surface area contributed by atoms with E-state index in [0.717, 1.165) is 0 Å². The van der Waals surface area contributed by atoms with E-state index in [0.29, 0.717) is 0 Å². The predicted octanol–water partition coefficient (Wildman–Crippen LogP) is 11.4. The summed E-state index contributed by atoms with van der Waals surface area (Å²) in [7, 11) is 0. The van der Waals surface area contributed by atoms with Crippen molar-refractivity contribution in [3.63, 3.8) is 0 Å². The van der Waals surface area contributed by atoms with Crippen molar-refractivity contribution in [2.75, 3.05) is 26.2 Å². The molecule has 0 aliphatic heterocycles. The topological polar surface area (TPSA) is 0 Å². The van der Waals surface area contributed by atoms with Crippen LogP contribution < -0.4 is 17.0 Å². The highest BCUT2D eigenvalue weighted by atomic mass is 79.9. The third kappa shape index (κ3) is 31.9. The zero-order valence-electron chi connectivity index (χ0n) is 30.3. The van der Waals surface area contributed by atoms with Crippen LogP contribution in [-0.4, -0.2) is 30.7 Å². The third-order valence-electron chi connectivity index (χ3n) is 10.3. The van der Waals surface area contributed by atoms with Gasteiger partial charge in [0.2, 0.25) is 0 Å². The second-order valence-electron chi connectivity index (χ2n) is 14.0. The van der Waals surface area contributed by atoms with E-state index in [-0.39, 0.29) is 17.0 Å². The molecule has 0 bridgehead atoms. The standard InChI is InChI=1S/C40H84N.BrH/c1-5-9-11-13-15-17-19-21-23-25-27-29-31-33-35-37-39-41(7-3,8-4)40-38-36-34-32-30-28-26-24-22-20-18-16-14-12-10-6-2;/h5-40H2,1-4H3;1H/q+1;/p-1. The number of nitrogens with zero attached hydrogens (tertiary/aromatic N) is 1. The molecule has 0 radical (unpaired) electrons. The first-order chi connectivity index (χ1) is 20.2. The number of halogens is 1. The fraction of sp³-hybridized carbons (Fsp3) is 1.00. The molecule has 0 unspecified atom stereocenters. The number of rotatable bonds is 36. The Kier molecular flexibility index (Phi) is 39.9. The lowest BCUT2D eigenvalue weighted by atomic mass is 10.0. The maximum absolute atomic E-state index is 2.45. The highest BCUT2D eigenvalue weighted by molar-refractivity contribution is 4.53. The van der Waals surface area contributed by atoms with Crippen molar-refractivity contribution in [2.24, 2.45) is 0 Å². The minimum atomic E-state index is 0. The highest BCUT2D eigenvalue weighted by Gasteiger charge is 2.21. The SMILES string of the molecule is CCCCCCCCCCCCCCCCCC[N+](CC)(CC)CCCCCCCCCCCCCCCCCC.[Br-]. The monoisotopic (exact) mass is 658 g/mol. The van der Waals surface area contributed by atoms with E-state index < -0.39 is 0 Å². The molecule has 0 aromatic heterocycles. The lowest BCUT2D eigenvalue weighted by Gasteiger charge is -2.37. The van der Waals surface area contributed by atoms with Crippen molar-refractivity contribution in [3.8, 4) is 0 Å². The molecule has 0 aromatic rings. The second kappa shape index (κ2) is 37.6. The molecule has 0 spiro atoms. The normalized spacial score (nSPS) is 11.7. The van der Waals surface area contributed by atoms with E-state index >= 15 is 0 Å². The van der Waals surface area contributed by atoms with Crippen LogP contribution in [0.5, 0.6) is 0 Å². The molecule has 0 saturated heterocycles. The molecular weight excluding hydrogens is 574 g/mol. The quantitative estimate of drug-likeness (QED) is 0.0464. The van der Waals surface area contributed by atoms with Crippen LogP contribution in [-0.2, 0) is 0 Å². The smallest absolute Gasteiger partial charge is 0.0786 e. The van der Waals surface area contributed by atoms with Crippen LogP contribution in [0.2, 0.25) is 0 Å². The van der Waals surface area contributed by atoms with Crippen LogP contribution in [0.4, 0.5) is 0 Å². The summed E-state index contributed by atoms with van der Waals surface area (Å²) in [6.07, 6.45) is 47.0. The van der Waals surface area contributed by atoms with Gasteiger partial charge in [-0.2, -0.15) is 0 Å². The number of hydrogen-bond donors (Lipinski definition) is 0. The van der Waals surface area contributed by atoms with Crippen LogP contribution in [0.25, 0.3) is 0 Å². The minimum absolute atomic E-state index is 0. The molecule has 0 aliphatic rings. The third-order valence-corrected chi connectivity index (χ3v) is 10.3. The molecule has 42 heavy (non-hydrogen) atoms. The summed E-state index contributed by atoms with van der Waals surface area (Å²) in [4.78, 5) is 0. The second-order valence-corrected chi connectivity index (χ2v) is 14.0. The summed E-state index contributed by atoms with van der Waals surface area (Å²) < 4.78 is 1.39. The summed E-state index contributed by atoms with van der Waals surface area (Å²) in [5, 5.41) is 0. The van der Waals surface area contributed by atoms with Gasteiger partial charge in [0, 0.05) is 0 Å². The summed E-state index contributed by atoms with van der Waals surface area (Å²) in [6, 6.07) is 0. The molecule has 2 heteroatoms. The molecule has 0 rings (SSSR count). The van der Waals surface area contributed by atoms with E-state index in [2.05, 4.69) is 27.7 Å². The molecule has 0 amide bonds. The van der Waals surface area contributed by atoms with Gasteiger partial charge in [0.25, 0.3) is 0 Å². The Labute approximate surface area is 279 Å². The molecule has 0 heterocycles. The van der Waals surface area contributed by atoms with E-state index in [1.807, 2.05) is 0 Å². The minimum Gasteiger partial charge on any atom is -1.00 e. The zero-order chi connectivity index (χ0) is 30.0. The number of hydrogen-bond acceptors (Lipinski definition) is 0. The van der Waals surface area contributed by atoms with E-state index in [4.69, 9.17) is 0 Å². The van der Waals surface area contributed by atoms with Gasteiger partial charge in [-0.3, -0.25) is 0 Å². The van der Waals surface area contributed by atoms with Crippen LogP contribution in [0.15, 0.2) is 0 Å². The Morgan fingerprint density at radius 2 is 0.405 bits per heavy atom. The fourth-order valence-corrected chi connectivity index (χ4v) is 6.96. The van der Waals surface area contributed by atoms with Crippen molar-refractivity contribution in [1.29, 1.82) is 0 Å². The van der Waals surface area contributed by atoms with Crippen molar-refractivity contribution in [3.05, 3.63) is 0 Å². The lowest BCUT2D eigenvalue weighted by Crippen LogP contribution is -3.00. The van der Waals surface area contributed by atoms with Crippen molar-refractivity contribution in [1.82, 2.24) is 0 Å². The highest BCUT2D eigenvalue weighted by Crippen LogP contribution is 2.18. The lowest BCUT2D eigenvalue weighted by molar-refractivity contribution is -0.925. The van der Waals surface area contributed by atoms with Gasteiger partial charge < -0.3 is 21.5 Å². The molecule has 0 aromatic carbocycles. The summed E-state index contributed by atoms with van der Waals surface area (Å²) in [6.45, 7) is 15.1. The van der Waals surface area contributed by atoms with Gasteiger partial charge in [-0.05, 0) is 39.5 Å². The van der Waals surface area contributed by atoms with Crippen LogP contribution >= 0.6 is 0 Å². The van der Waals surface area contributed by atoms with Crippen LogP contribution in [0.1, 0.15) is 233 Å². The Bertz CT molecular complexity index is 423. The average molecular weight is 659 g/mol. The number of unbranched alkanes of at least 4 members (excludes halogenated alkanes) is 30. The van der Waals surface area contributed by atoms with Gasteiger partial charge in [-0.25, -0.2) is 0 Å². The molecule has 1 nitrogen and oxygen atoms in total. The maximum atomic E-state index is 2.45. The molecule has 256 valence electrons. The Morgan fingerprint density at radius 1 is 0.238 bits per heavy atom. The Morgan fingerprint density at radius 3 is 0.571 bits per heavy atom. The molecular formula is C40H84BrN. The molecule has 0 N–H and O–H groups in total. The Hall–Kier alpha value is 0.440.